The number of carbonyl (C=O) groups is 2. The Labute approximate surface area is 211 Å². The molecule has 0 spiro atoms. The second-order valence-electron chi connectivity index (χ2n) is 9.20. The number of aryl methyl sites for hydroxylation is 2. The number of benzene rings is 2. The lowest BCUT2D eigenvalue weighted by molar-refractivity contribution is 0.102. The van der Waals surface area contributed by atoms with Gasteiger partial charge in [0.05, 0.1) is 24.0 Å². The van der Waals surface area contributed by atoms with Crippen LogP contribution in [0.4, 0.5) is 11.4 Å². The predicted octanol–water partition coefficient (Wildman–Crippen LogP) is 7.13. The molecule has 0 unspecified atom stereocenters. The molecule has 35 heavy (non-hydrogen) atoms. The summed E-state index contributed by atoms with van der Waals surface area (Å²) in [5.74, 6) is 1.60. The number of rotatable bonds is 8. The molecule has 0 saturated heterocycles. The first kappa shape index (κ1) is 26.3. The number of hydrogen-bond acceptors (Lipinski definition) is 5. The Kier molecular flexibility index (Phi) is 8.22. The number of amides is 2. The normalized spacial score (nSPS) is 11.0. The van der Waals surface area contributed by atoms with Crippen molar-refractivity contribution in [3.63, 3.8) is 0 Å². The van der Waals surface area contributed by atoms with Gasteiger partial charge < -0.3 is 20.1 Å². The van der Waals surface area contributed by atoms with Gasteiger partial charge in [-0.3, -0.25) is 9.59 Å². The van der Waals surface area contributed by atoms with Gasteiger partial charge >= 0.3 is 0 Å². The molecule has 0 aliphatic carbocycles. The van der Waals surface area contributed by atoms with Crippen LogP contribution in [0, 0.1) is 13.8 Å². The number of thiophene rings is 1. The van der Waals surface area contributed by atoms with Gasteiger partial charge in [0.2, 0.25) is 0 Å². The Morgan fingerprint density at radius 3 is 1.40 bits per heavy atom. The van der Waals surface area contributed by atoms with Gasteiger partial charge in [-0.15, -0.1) is 11.3 Å². The van der Waals surface area contributed by atoms with Gasteiger partial charge in [-0.05, 0) is 84.3 Å². The van der Waals surface area contributed by atoms with Crippen molar-refractivity contribution in [3.8, 4) is 11.5 Å². The number of hydrogen-bond donors (Lipinski definition) is 2. The van der Waals surface area contributed by atoms with E-state index < -0.39 is 0 Å². The van der Waals surface area contributed by atoms with E-state index in [0.717, 1.165) is 56.5 Å². The van der Waals surface area contributed by atoms with E-state index in [1.165, 1.54) is 0 Å². The van der Waals surface area contributed by atoms with E-state index in [2.05, 4.69) is 38.3 Å². The lowest BCUT2D eigenvalue weighted by Crippen LogP contribution is -2.13. The summed E-state index contributed by atoms with van der Waals surface area (Å²) in [6, 6.07) is 11.1. The first-order valence-electron chi connectivity index (χ1n) is 11.6. The highest BCUT2D eigenvalue weighted by Gasteiger charge is 2.18. The maximum absolute atomic E-state index is 13.0. The Balaban J connectivity index is 1.79. The molecule has 0 saturated carbocycles. The summed E-state index contributed by atoms with van der Waals surface area (Å²) < 4.78 is 11.0. The van der Waals surface area contributed by atoms with Gasteiger partial charge in [0.1, 0.15) is 11.5 Å². The number of ether oxygens (including phenoxy) is 2. The number of nitrogens with one attached hydrogen (secondary N) is 2. The zero-order valence-electron chi connectivity index (χ0n) is 21.7. The quantitative estimate of drug-likeness (QED) is 0.349. The van der Waals surface area contributed by atoms with Crippen molar-refractivity contribution >= 4 is 34.5 Å². The first-order chi connectivity index (χ1) is 16.5. The van der Waals surface area contributed by atoms with Crippen LogP contribution in [0.15, 0.2) is 36.4 Å². The largest absolute Gasteiger partial charge is 0.496 e. The van der Waals surface area contributed by atoms with E-state index >= 15 is 0 Å². The van der Waals surface area contributed by atoms with Crippen LogP contribution >= 0.6 is 11.3 Å². The van der Waals surface area contributed by atoms with Crippen molar-refractivity contribution in [1.82, 2.24) is 0 Å². The maximum Gasteiger partial charge on any atom is 0.265 e. The molecule has 3 rings (SSSR count). The fourth-order valence-electron chi connectivity index (χ4n) is 3.87. The molecule has 0 aliphatic rings. The SMILES string of the molecule is COc1cc(C)c(NC(=O)c2ccc(C(=O)Nc3cc(C(C)C)c(OC)cc3C)s2)cc1C(C)C. The third-order valence-corrected chi connectivity index (χ3v) is 7.03. The molecule has 0 fully saturated rings. The second-order valence-corrected chi connectivity index (χ2v) is 10.3. The molecule has 7 heteroatoms. The Morgan fingerprint density at radius 1 is 0.714 bits per heavy atom. The average molecular weight is 495 g/mol. The zero-order valence-corrected chi connectivity index (χ0v) is 22.5. The lowest BCUT2D eigenvalue weighted by atomic mass is 9.99. The van der Waals surface area contributed by atoms with E-state index in [9.17, 15) is 9.59 Å². The minimum atomic E-state index is -0.250. The molecule has 1 aromatic heterocycles. The second kappa shape index (κ2) is 11.0. The molecule has 3 aromatic rings. The molecule has 0 bridgehead atoms. The Bertz CT molecular complexity index is 1150. The fraction of sp³-hybridized carbons (Fsp3) is 0.357. The highest BCUT2D eigenvalue weighted by Crippen LogP contribution is 2.34. The molecule has 1 heterocycles. The number of anilines is 2. The summed E-state index contributed by atoms with van der Waals surface area (Å²) in [5, 5.41) is 5.97. The molecule has 0 atom stereocenters. The third kappa shape index (κ3) is 5.85. The van der Waals surface area contributed by atoms with E-state index in [1.54, 1.807) is 26.4 Å². The van der Waals surface area contributed by atoms with Crippen molar-refractivity contribution in [2.45, 2.75) is 53.4 Å². The number of methoxy groups -OCH3 is 2. The lowest BCUT2D eigenvalue weighted by Gasteiger charge is -2.16. The van der Waals surface area contributed by atoms with E-state index in [4.69, 9.17) is 9.47 Å². The van der Waals surface area contributed by atoms with Gasteiger partial charge in [0, 0.05) is 11.4 Å². The van der Waals surface area contributed by atoms with Gasteiger partial charge in [0.15, 0.2) is 0 Å². The number of carbonyl (C=O) groups excluding carboxylic acids is 2. The Morgan fingerprint density at radius 2 is 1.09 bits per heavy atom. The van der Waals surface area contributed by atoms with Crippen molar-refractivity contribution in [3.05, 3.63) is 68.4 Å². The molecule has 2 N–H and O–H groups in total. The van der Waals surface area contributed by atoms with Gasteiger partial charge in [-0.2, -0.15) is 0 Å². The van der Waals surface area contributed by atoms with Crippen LogP contribution in [-0.2, 0) is 0 Å². The molecule has 2 amide bonds. The minimum Gasteiger partial charge on any atom is -0.496 e. The summed E-state index contributed by atoms with van der Waals surface area (Å²) in [6.07, 6.45) is 0. The molecular formula is C28H34N2O4S. The van der Waals surface area contributed by atoms with Crippen LogP contribution < -0.4 is 20.1 Å². The van der Waals surface area contributed by atoms with Crippen LogP contribution in [0.3, 0.4) is 0 Å². The highest BCUT2D eigenvalue weighted by atomic mass is 32.1. The van der Waals surface area contributed by atoms with E-state index in [1.807, 2.05) is 38.1 Å². The smallest absolute Gasteiger partial charge is 0.265 e. The summed E-state index contributed by atoms with van der Waals surface area (Å²) >= 11 is 1.16. The summed E-state index contributed by atoms with van der Waals surface area (Å²) in [4.78, 5) is 26.9. The van der Waals surface area contributed by atoms with E-state index in [-0.39, 0.29) is 23.7 Å². The summed E-state index contributed by atoms with van der Waals surface area (Å²) in [7, 11) is 3.29. The third-order valence-electron chi connectivity index (χ3n) is 5.95. The van der Waals surface area contributed by atoms with Crippen molar-refractivity contribution in [2.75, 3.05) is 24.9 Å². The predicted molar refractivity (Wildman–Crippen MR) is 144 cm³/mol. The highest BCUT2D eigenvalue weighted by molar-refractivity contribution is 7.16. The van der Waals surface area contributed by atoms with Crippen LogP contribution in [0.2, 0.25) is 0 Å². The van der Waals surface area contributed by atoms with Crippen LogP contribution in [0.25, 0.3) is 0 Å². The maximum atomic E-state index is 13.0. The molecule has 6 nitrogen and oxygen atoms in total. The summed E-state index contributed by atoms with van der Waals surface area (Å²) in [6.45, 7) is 12.2. The molecular weight excluding hydrogens is 460 g/mol. The van der Waals surface area contributed by atoms with E-state index in [0.29, 0.717) is 9.75 Å². The molecule has 2 aromatic carbocycles. The van der Waals surface area contributed by atoms with Crippen molar-refractivity contribution in [2.24, 2.45) is 0 Å². The van der Waals surface area contributed by atoms with Crippen LogP contribution in [-0.4, -0.2) is 26.0 Å². The van der Waals surface area contributed by atoms with Crippen molar-refractivity contribution in [1.29, 1.82) is 0 Å². The van der Waals surface area contributed by atoms with Crippen LogP contribution in [0.5, 0.6) is 11.5 Å². The molecule has 0 radical (unpaired) electrons. The first-order valence-corrected chi connectivity index (χ1v) is 12.5. The Hall–Kier alpha value is -3.32. The minimum absolute atomic E-state index is 0.246. The van der Waals surface area contributed by atoms with Gasteiger partial charge in [0.25, 0.3) is 11.8 Å². The summed E-state index contributed by atoms with van der Waals surface area (Å²) in [5.41, 5.74) is 5.32. The van der Waals surface area contributed by atoms with Gasteiger partial charge in [-0.1, -0.05) is 27.7 Å². The standard InChI is InChI=1S/C28H34N2O4S/c1-15(2)19-13-21(17(5)11-23(19)33-7)29-27(31)25-9-10-26(35-25)28(32)30-22-14-20(16(3)4)24(34-8)12-18(22)6/h9-16H,1-8H3,(H,29,31)(H,30,32). The molecule has 186 valence electrons. The zero-order chi connectivity index (χ0) is 25.9. The monoisotopic (exact) mass is 494 g/mol. The topological polar surface area (TPSA) is 76.7 Å². The average Bonchev–Trinajstić information content (AvgIpc) is 3.31. The van der Waals surface area contributed by atoms with Crippen molar-refractivity contribution < 1.29 is 19.1 Å². The van der Waals surface area contributed by atoms with Crippen LogP contribution in [0.1, 0.15) is 81.1 Å². The van der Waals surface area contributed by atoms with Gasteiger partial charge in [-0.25, -0.2) is 0 Å². The fourth-order valence-corrected chi connectivity index (χ4v) is 4.67. The molecule has 0 aliphatic heterocycles.